The van der Waals surface area contributed by atoms with Crippen molar-refractivity contribution in [3.8, 4) is 5.69 Å². The molecule has 94 valence electrons. The van der Waals surface area contributed by atoms with Gasteiger partial charge in [0.05, 0.1) is 16.9 Å². The predicted octanol–water partition coefficient (Wildman–Crippen LogP) is 2.35. The number of aromatic nitrogens is 2. The van der Waals surface area contributed by atoms with Crippen LogP contribution in [-0.2, 0) is 0 Å². The summed E-state index contributed by atoms with van der Waals surface area (Å²) in [7, 11) is 0. The number of aryl methyl sites for hydroxylation is 2. The molecule has 2 aromatic rings. The highest BCUT2D eigenvalue weighted by molar-refractivity contribution is 9.10. The molecule has 3 N–H and O–H groups in total. The molecule has 1 heterocycles. The second-order valence-electron chi connectivity index (χ2n) is 3.96. The van der Waals surface area contributed by atoms with Gasteiger partial charge >= 0.3 is 0 Å². The summed E-state index contributed by atoms with van der Waals surface area (Å²) in [5.41, 5.74) is 9.00. The molecule has 0 fully saturated rings. The number of amidine groups is 1. The van der Waals surface area contributed by atoms with Gasteiger partial charge in [-0.05, 0) is 48.0 Å². The van der Waals surface area contributed by atoms with Crippen LogP contribution < -0.4 is 5.73 Å². The standard InChI is InChI=1S/C12H13BrN4O/c1-7-6-8(2)17(15-7)10-5-3-4-9(13)11(10)12(14)16-18/h3-6,18H,1-2H3,(H2,14,16). The monoisotopic (exact) mass is 308 g/mol. The van der Waals surface area contributed by atoms with Crippen LogP contribution in [-0.4, -0.2) is 20.8 Å². The van der Waals surface area contributed by atoms with Gasteiger partial charge < -0.3 is 10.9 Å². The van der Waals surface area contributed by atoms with E-state index in [4.69, 9.17) is 10.9 Å². The van der Waals surface area contributed by atoms with Crippen molar-refractivity contribution >= 4 is 21.8 Å². The fraction of sp³-hybridized carbons (Fsp3) is 0.167. The molecule has 0 aliphatic carbocycles. The number of nitrogens with two attached hydrogens (primary N) is 1. The number of oxime groups is 1. The van der Waals surface area contributed by atoms with Gasteiger partial charge in [0.2, 0.25) is 0 Å². The van der Waals surface area contributed by atoms with E-state index >= 15 is 0 Å². The Hall–Kier alpha value is -1.82. The molecule has 18 heavy (non-hydrogen) atoms. The summed E-state index contributed by atoms with van der Waals surface area (Å²) in [6.07, 6.45) is 0. The summed E-state index contributed by atoms with van der Waals surface area (Å²) < 4.78 is 2.52. The quantitative estimate of drug-likeness (QED) is 0.387. The van der Waals surface area contributed by atoms with Crippen molar-refractivity contribution < 1.29 is 5.21 Å². The van der Waals surface area contributed by atoms with Gasteiger partial charge in [-0.2, -0.15) is 5.10 Å². The van der Waals surface area contributed by atoms with Gasteiger partial charge in [-0.1, -0.05) is 11.2 Å². The van der Waals surface area contributed by atoms with E-state index in [0.717, 1.165) is 21.5 Å². The number of hydrogen-bond donors (Lipinski definition) is 2. The summed E-state index contributed by atoms with van der Waals surface area (Å²) in [5.74, 6) is 0.0463. The zero-order valence-electron chi connectivity index (χ0n) is 10.1. The molecule has 0 unspecified atom stereocenters. The molecule has 1 aromatic heterocycles. The first-order valence-electron chi connectivity index (χ1n) is 5.34. The highest BCUT2D eigenvalue weighted by Gasteiger charge is 2.15. The predicted molar refractivity (Wildman–Crippen MR) is 73.2 cm³/mol. The topological polar surface area (TPSA) is 76.4 Å². The molecule has 0 saturated heterocycles. The molecule has 5 nitrogen and oxygen atoms in total. The fourth-order valence-electron chi connectivity index (χ4n) is 1.87. The molecule has 0 spiro atoms. The van der Waals surface area contributed by atoms with Crippen LogP contribution in [0.2, 0.25) is 0 Å². The van der Waals surface area contributed by atoms with Crippen molar-refractivity contribution in [3.63, 3.8) is 0 Å². The molecule has 6 heteroatoms. The molecule has 1 aromatic carbocycles. The van der Waals surface area contributed by atoms with Crippen LogP contribution in [0.1, 0.15) is 17.0 Å². The first-order chi connectivity index (χ1) is 8.54. The molecule has 0 radical (unpaired) electrons. The lowest BCUT2D eigenvalue weighted by Gasteiger charge is -2.11. The lowest BCUT2D eigenvalue weighted by Crippen LogP contribution is -2.18. The highest BCUT2D eigenvalue weighted by atomic mass is 79.9. The largest absolute Gasteiger partial charge is 0.409 e. The van der Waals surface area contributed by atoms with E-state index in [1.54, 1.807) is 4.68 Å². The average Bonchev–Trinajstić information content (AvgIpc) is 2.67. The van der Waals surface area contributed by atoms with Gasteiger partial charge in [0.25, 0.3) is 0 Å². The summed E-state index contributed by atoms with van der Waals surface area (Å²) in [6.45, 7) is 3.88. The summed E-state index contributed by atoms with van der Waals surface area (Å²) in [6, 6.07) is 7.56. The average molecular weight is 309 g/mol. The van der Waals surface area contributed by atoms with Crippen molar-refractivity contribution in [2.75, 3.05) is 0 Å². The van der Waals surface area contributed by atoms with Gasteiger partial charge in [0.15, 0.2) is 5.84 Å². The number of halogens is 1. The fourth-order valence-corrected chi connectivity index (χ4v) is 2.42. The minimum atomic E-state index is 0.0463. The maximum atomic E-state index is 8.87. The Bertz CT molecular complexity index is 619. The first kappa shape index (κ1) is 12.6. The van der Waals surface area contributed by atoms with Crippen molar-refractivity contribution in [1.29, 1.82) is 0 Å². The van der Waals surface area contributed by atoms with E-state index in [0.29, 0.717) is 5.56 Å². The van der Waals surface area contributed by atoms with Crippen LogP contribution in [0.5, 0.6) is 0 Å². The summed E-state index contributed by atoms with van der Waals surface area (Å²) in [4.78, 5) is 0. The van der Waals surface area contributed by atoms with E-state index in [-0.39, 0.29) is 5.84 Å². The van der Waals surface area contributed by atoms with E-state index in [9.17, 15) is 0 Å². The van der Waals surface area contributed by atoms with Crippen molar-refractivity contribution in [2.24, 2.45) is 10.9 Å². The molecule has 0 aliphatic heterocycles. The van der Waals surface area contributed by atoms with Crippen LogP contribution in [0.4, 0.5) is 0 Å². The Morgan fingerprint density at radius 2 is 2.17 bits per heavy atom. The Morgan fingerprint density at radius 1 is 1.44 bits per heavy atom. The molecule has 0 atom stereocenters. The second-order valence-corrected chi connectivity index (χ2v) is 4.81. The Balaban J connectivity index is 2.72. The van der Waals surface area contributed by atoms with Crippen LogP contribution in [0.25, 0.3) is 5.69 Å². The normalized spacial score (nSPS) is 11.8. The van der Waals surface area contributed by atoms with Gasteiger partial charge in [-0.3, -0.25) is 0 Å². The van der Waals surface area contributed by atoms with E-state index < -0.39 is 0 Å². The number of nitrogens with zero attached hydrogens (tertiary/aromatic N) is 3. The van der Waals surface area contributed by atoms with E-state index in [1.807, 2.05) is 38.1 Å². The summed E-state index contributed by atoms with van der Waals surface area (Å²) in [5, 5.41) is 16.3. The molecule has 0 saturated carbocycles. The second kappa shape index (κ2) is 4.81. The van der Waals surface area contributed by atoms with Crippen LogP contribution in [0.3, 0.4) is 0 Å². The number of rotatable bonds is 2. The molecular formula is C12H13BrN4O. The van der Waals surface area contributed by atoms with Crippen molar-refractivity contribution in [1.82, 2.24) is 9.78 Å². The van der Waals surface area contributed by atoms with Gasteiger partial charge in [-0.15, -0.1) is 0 Å². The first-order valence-corrected chi connectivity index (χ1v) is 6.14. The lowest BCUT2D eigenvalue weighted by molar-refractivity contribution is 0.318. The maximum Gasteiger partial charge on any atom is 0.173 e. The van der Waals surface area contributed by atoms with Crippen LogP contribution >= 0.6 is 15.9 Å². The highest BCUT2D eigenvalue weighted by Crippen LogP contribution is 2.24. The van der Waals surface area contributed by atoms with Gasteiger partial charge in [-0.25, -0.2) is 4.68 Å². The van der Waals surface area contributed by atoms with Crippen molar-refractivity contribution in [3.05, 3.63) is 45.7 Å². The minimum Gasteiger partial charge on any atom is -0.409 e. The minimum absolute atomic E-state index is 0.0463. The van der Waals surface area contributed by atoms with Crippen molar-refractivity contribution in [2.45, 2.75) is 13.8 Å². The number of hydrogen-bond acceptors (Lipinski definition) is 3. The molecule has 0 bridgehead atoms. The maximum absolute atomic E-state index is 8.87. The smallest absolute Gasteiger partial charge is 0.173 e. The summed E-state index contributed by atoms with van der Waals surface area (Å²) >= 11 is 3.40. The third-order valence-corrected chi connectivity index (χ3v) is 3.25. The third-order valence-electron chi connectivity index (χ3n) is 2.59. The lowest BCUT2D eigenvalue weighted by atomic mass is 10.1. The Kier molecular flexibility index (Phi) is 3.38. The zero-order valence-corrected chi connectivity index (χ0v) is 11.6. The number of benzene rings is 1. The SMILES string of the molecule is Cc1cc(C)n(-c2cccc(Br)c2/C(N)=N/O)n1. The van der Waals surface area contributed by atoms with Gasteiger partial charge in [0.1, 0.15) is 0 Å². The van der Waals surface area contributed by atoms with Crippen LogP contribution in [0.15, 0.2) is 33.9 Å². The van der Waals surface area contributed by atoms with E-state index in [1.165, 1.54) is 0 Å². The molecule has 0 aliphatic rings. The zero-order chi connectivity index (χ0) is 13.3. The van der Waals surface area contributed by atoms with Gasteiger partial charge in [0, 0.05) is 10.2 Å². The van der Waals surface area contributed by atoms with E-state index in [2.05, 4.69) is 26.2 Å². The Labute approximate surface area is 113 Å². The molecular weight excluding hydrogens is 296 g/mol. The Morgan fingerprint density at radius 3 is 2.72 bits per heavy atom. The molecule has 2 rings (SSSR count). The third kappa shape index (κ3) is 2.11. The molecule has 0 amide bonds. The van der Waals surface area contributed by atoms with Crippen LogP contribution in [0, 0.1) is 13.8 Å².